The summed E-state index contributed by atoms with van der Waals surface area (Å²) in [5, 5.41) is 11.5. The Labute approximate surface area is 136 Å². The fourth-order valence-electron chi connectivity index (χ4n) is 2.47. The summed E-state index contributed by atoms with van der Waals surface area (Å²) in [6.07, 6.45) is 2.51. The van der Waals surface area contributed by atoms with Crippen LogP contribution in [0.5, 0.6) is 0 Å². The van der Waals surface area contributed by atoms with Crippen molar-refractivity contribution in [3.8, 4) is 0 Å². The van der Waals surface area contributed by atoms with E-state index in [1.807, 2.05) is 49.3 Å². The largest absolute Gasteiger partial charge is 0.321 e. The van der Waals surface area contributed by atoms with E-state index in [4.69, 9.17) is 0 Å². The molecule has 0 atom stereocenters. The minimum atomic E-state index is -0.348. The predicted molar refractivity (Wildman–Crippen MR) is 92.2 cm³/mol. The lowest BCUT2D eigenvalue weighted by Crippen LogP contribution is -2.24. The summed E-state index contributed by atoms with van der Waals surface area (Å²) in [6.45, 7) is 3.31. The fraction of sp³-hybridized carbons (Fsp3) is 0.353. The number of hydrogen-bond acceptors (Lipinski definition) is 5. The van der Waals surface area contributed by atoms with Gasteiger partial charge in [-0.3, -0.25) is 10.1 Å². The quantitative estimate of drug-likeness (QED) is 0.579. The molecule has 122 valence electrons. The van der Waals surface area contributed by atoms with Crippen molar-refractivity contribution in [1.29, 1.82) is 0 Å². The maximum atomic E-state index is 11.5. The summed E-state index contributed by atoms with van der Waals surface area (Å²) in [6, 6.07) is 11.4. The summed E-state index contributed by atoms with van der Waals surface area (Å²) in [7, 11) is 4.03. The molecule has 0 spiro atoms. The topological polar surface area (TPSA) is 62.5 Å². The molecule has 2 aromatic rings. The minimum Gasteiger partial charge on any atom is -0.321 e. The number of rotatable bonds is 7. The van der Waals surface area contributed by atoms with Crippen molar-refractivity contribution in [2.45, 2.75) is 13.3 Å². The van der Waals surface area contributed by atoms with Gasteiger partial charge in [0.25, 0.3) is 0 Å². The molecule has 23 heavy (non-hydrogen) atoms. The van der Waals surface area contributed by atoms with Gasteiger partial charge in [-0.1, -0.05) is 18.2 Å². The maximum absolute atomic E-state index is 11.5. The third kappa shape index (κ3) is 4.26. The molecule has 6 nitrogen and oxygen atoms in total. The molecule has 0 N–H and O–H groups in total. The second-order valence-corrected chi connectivity index (χ2v) is 5.70. The molecule has 0 aliphatic heterocycles. The number of hydrogen-bond donors (Lipinski definition) is 0. The molecule has 0 unspecified atom stereocenters. The van der Waals surface area contributed by atoms with Gasteiger partial charge in [-0.2, -0.15) is 0 Å². The van der Waals surface area contributed by atoms with Crippen LogP contribution in [0.1, 0.15) is 12.0 Å². The third-order valence-electron chi connectivity index (χ3n) is 3.60. The highest BCUT2D eigenvalue weighted by atomic mass is 16.6. The van der Waals surface area contributed by atoms with Crippen LogP contribution in [0.25, 0.3) is 0 Å². The molecule has 0 bridgehead atoms. The first-order chi connectivity index (χ1) is 11.0. The van der Waals surface area contributed by atoms with Crippen LogP contribution in [-0.4, -0.2) is 42.0 Å². The van der Waals surface area contributed by atoms with Crippen molar-refractivity contribution in [1.82, 2.24) is 9.88 Å². The first-order valence-corrected chi connectivity index (χ1v) is 7.58. The lowest BCUT2D eigenvalue weighted by atomic mass is 10.2. The van der Waals surface area contributed by atoms with Gasteiger partial charge in [0.2, 0.25) is 5.82 Å². The lowest BCUT2D eigenvalue weighted by Gasteiger charge is -2.24. The van der Waals surface area contributed by atoms with Crippen LogP contribution >= 0.6 is 0 Å². The van der Waals surface area contributed by atoms with E-state index in [2.05, 4.69) is 9.88 Å². The number of anilines is 2. The predicted octanol–water partition coefficient (Wildman–Crippen LogP) is 3.39. The number of aryl methyl sites for hydroxylation is 1. The van der Waals surface area contributed by atoms with Crippen molar-refractivity contribution in [2.75, 3.05) is 32.1 Å². The number of nitrogens with zero attached hydrogens (tertiary/aromatic N) is 4. The molecular weight excluding hydrogens is 292 g/mol. The molecule has 0 saturated heterocycles. The van der Waals surface area contributed by atoms with Gasteiger partial charge < -0.3 is 9.80 Å². The number of benzene rings is 1. The Kier molecular flexibility index (Phi) is 5.65. The summed E-state index contributed by atoms with van der Waals surface area (Å²) in [5.74, 6) is 0.403. The molecule has 0 aliphatic rings. The Balaban J connectivity index is 2.42. The summed E-state index contributed by atoms with van der Waals surface area (Å²) < 4.78 is 0. The van der Waals surface area contributed by atoms with E-state index in [9.17, 15) is 10.1 Å². The number of nitro groups is 1. The van der Waals surface area contributed by atoms with Crippen molar-refractivity contribution in [3.05, 3.63) is 58.3 Å². The highest BCUT2D eigenvalue weighted by molar-refractivity contribution is 5.70. The van der Waals surface area contributed by atoms with Crippen molar-refractivity contribution in [2.24, 2.45) is 0 Å². The van der Waals surface area contributed by atoms with Crippen LogP contribution in [0, 0.1) is 17.0 Å². The summed E-state index contributed by atoms with van der Waals surface area (Å²) in [5.41, 5.74) is 1.60. The van der Waals surface area contributed by atoms with Crippen LogP contribution in [0.4, 0.5) is 17.2 Å². The smallest absolute Gasteiger partial charge is 0.314 e. The molecule has 0 saturated carbocycles. The average Bonchev–Trinajstić information content (AvgIpc) is 2.51. The molecule has 0 radical (unpaired) electrons. The van der Waals surface area contributed by atoms with Gasteiger partial charge in [0.15, 0.2) is 0 Å². The monoisotopic (exact) mass is 314 g/mol. The zero-order valence-electron chi connectivity index (χ0n) is 13.8. The highest BCUT2D eigenvalue weighted by Gasteiger charge is 2.24. The first-order valence-electron chi connectivity index (χ1n) is 7.58. The Hall–Kier alpha value is -2.47. The third-order valence-corrected chi connectivity index (χ3v) is 3.60. The second-order valence-electron chi connectivity index (χ2n) is 5.70. The van der Waals surface area contributed by atoms with Crippen LogP contribution < -0.4 is 4.90 Å². The van der Waals surface area contributed by atoms with Gasteiger partial charge in [0, 0.05) is 24.0 Å². The first kappa shape index (κ1) is 16.9. The number of para-hydroxylation sites is 1. The minimum absolute atomic E-state index is 0.0706. The molecule has 1 aromatic heterocycles. The van der Waals surface area contributed by atoms with Gasteiger partial charge in [-0.05, 0) is 52.2 Å². The van der Waals surface area contributed by atoms with E-state index in [0.29, 0.717) is 17.9 Å². The Bertz CT molecular complexity index is 659. The molecule has 1 heterocycles. The molecular formula is C17H22N4O2. The second kappa shape index (κ2) is 7.69. The van der Waals surface area contributed by atoms with E-state index in [1.165, 1.54) is 0 Å². The van der Waals surface area contributed by atoms with Crippen molar-refractivity contribution >= 4 is 17.2 Å². The fourth-order valence-corrected chi connectivity index (χ4v) is 2.47. The van der Waals surface area contributed by atoms with E-state index in [0.717, 1.165) is 18.7 Å². The van der Waals surface area contributed by atoms with Crippen LogP contribution in [0.2, 0.25) is 0 Å². The van der Waals surface area contributed by atoms with Crippen molar-refractivity contribution < 1.29 is 4.92 Å². The Morgan fingerprint density at radius 2 is 1.83 bits per heavy atom. The summed E-state index contributed by atoms with van der Waals surface area (Å²) in [4.78, 5) is 19.5. The van der Waals surface area contributed by atoms with Crippen LogP contribution in [0.15, 0.2) is 42.6 Å². The SMILES string of the molecule is Cc1ccnc(N(CCCN(C)C)c2ccccc2)c1[N+](=O)[O-]. The van der Waals surface area contributed by atoms with E-state index in [1.54, 1.807) is 19.2 Å². The van der Waals surface area contributed by atoms with E-state index in [-0.39, 0.29) is 10.6 Å². The van der Waals surface area contributed by atoms with Crippen LogP contribution in [-0.2, 0) is 0 Å². The highest BCUT2D eigenvalue weighted by Crippen LogP contribution is 2.33. The maximum Gasteiger partial charge on any atom is 0.314 e. The van der Waals surface area contributed by atoms with E-state index >= 15 is 0 Å². The van der Waals surface area contributed by atoms with Gasteiger partial charge in [-0.25, -0.2) is 4.98 Å². The molecule has 0 amide bonds. The zero-order chi connectivity index (χ0) is 16.8. The molecule has 1 aromatic carbocycles. The Morgan fingerprint density at radius 3 is 2.43 bits per heavy atom. The van der Waals surface area contributed by atoms with Crippen molar-refractivity contribution in [3.63, 3.8) is 0 Å². The zero-order valence-corrected chi connectivity index (χ0v) is 13.8. The number of pyridine rings is 1. The van der Waals surface area contributed by atoms with Gasteiger partial charge in [0.05, 0.1) is 4.92 Å². The normalized spacial score (nSPS) is 10.8. The standard InChI is InChI=1S/C17H22N4O2/c1-14-10-11-18-17(16(14)21(22)23)20(13-7-12-19(2)3)15-8-5-4-6-9-15/h4-6,8-11H,7,12-13H2,1-3H3. The average molecular weight is 314 g/mol. The number of aromatic nitrogens is 1. The molecule has 2 rings (SSSR count). The molecule has 0 aliphatic carbocycles. The molecule has 6 heteroatoms. The summed E-state index contributed by atoms with van der Waals surface area (Å²) >= 11 is 0. The van der Waals surface area contributed by atoms with Gasteiger partial charge >= 0.3 is 5.69 Å². The lowest BCUT2D eigenvalue weighted by molar-refractivity contribution is -0.384. The van der Waals surface area contributed by atoms with Gasteiger partial charge in [0.1, 0.15) is 0 Å². The van der Waals surface area contributed by atoms with Gasteiger partial charge in [-0.15, -0.1) is 0 Å². The molecule has 0 fully saturated rings. The van der Waals surface area contributed by atoms with E-state index < -0.39 is 0 Å². The van der Waals surface area contributed by atoms with Crippen LogP contribution in [0.3, 0.4) is 0 Å². The Morgan fingerprint density at radius 1 is 1.13 bits per heavy atom.